The molecule has 12 heteroatoms. The van der Waals surface area contributed by atoms with Crippen molar-refractivity contribution in [3.8, 4) is 11.4 Å². The molecule has 5 atom stereocenters. The molecule has 6 rings (SSSR count). The Labute approximate surface area is 273 Å². The van der Waals surface area contributed by atoms with Crippen molar-refractivity contribution >= 4 is 34.5 Å². The number of carbonyl (C=O) groups is 4. The molecule has 0 spiro atoms. The minimum absolute atomic E-state index is 0.0805. The first kappa shape index (κ1) is 32.0. The number of nitrogens with one attached hydrogen (secondary N) is 5. The summed E-state index contributed by atoms with van der Waals surface area (Å²) >= 11 is 0. The van der Waals surface area contributed by atoms with Crippen LogP contribution in [0.15, 0.2) is 61.1 Å². The molecule has 246 valence electrons. The van der Waals surface area contributed by atoms with E-state index in [2.05, 4.69) is 50.0 Å². The molecule has 2 saturated heterocycles. The fraction of sp³-hybridized carbons (Fsp3) is 0.429. The van der Waals surface area contributed by atoms with E-state index in [1.807, 2.05) is 43.5 Å². The number of para-hydroxylation sites is 1. The SMILES string of the molecule is CC(C)[C@@H]1CC[C@@H](C)CC(=O)N[C@H](Cc2c[nH]c3ccccc23)C(=O)N2C[C@H](NC(=O)c3ccccc3-c3ncn[nH]3)C[C@H]2C(=O)N1. The van der Waals surface area contributed by atoms with Crippen LogP contribution in [0.3, 0.4) is 0 Å². The third-order valence-electron chi connectivity index (χ3n) is 9.43. The Morgan fingerprint density at radius 2 is 1.83 bits per heavy atom. The maximum atomic E-state index is 14.5. The maximum absolute atomic E-state index is 14.5. The zero-order valence-corrected chi connectivity index (χ0v) is 27.0. The Morgan fingerprint density at radius 3 is 2.62 bits per heavy atom. The van der Waals surface area contributed by atoms with Crippen LogP contribution in [-0.2, 0) is 20.8 Å². The molecule has 4 aromatic rings. The standard InChI is InChI=1S/C35H42N8O4/c1-20(2)27-13-12-21(3)14-31(44)40-29(15-22-17-36-28-11-7-6-8-24(22)28)35(47)43-18-23(16-30(43)34(46)41-27)39-33(45)26-10-5-4-9-25(26)32-37-19-38-42-32/h4-11,17,19-21,23,27,29-30,36H,12-16,18H2,1-3H3,(H,39,45)(H,40,44)(H,41,46)(H,37,38,42)/t21-,23-,27+,29-,30+/m1/s1. The zero-order chi connectivity index (χ0) is 33.1. The molecule has 2 aromatic heterocycles. The summed E-state index contributed by atoms with van der Waals surface area (Å²) in [7, 11) is 0. The summed E-state index contributed by atoms with van der Waals surface area (Å²) in [6.45, 7) is 6.27. The van der Waals surface area contributed by atoms with Gasteiger partial charge in [0, 0.05) is 54.1 Å². The quantitative estimate of drug-likeness (QED) is 0.217. The van der Waals surface area contributed by atoms with Gasteiger partial charge in [-0.05, 0) is 48.8 Å². The molecule has 0 aliphatic carbocycles. The smallest absolute Gasteiger partial charge is 0.252 e. The van der Waals surface area contributed by atoms with Gasteiger partial charge in [-0.3, -0.25) is 24.3 Å². The largest absolute Gasteiger partial charge is 0.361 e. The lowest BCUT2D eigenvalue weighted by atomic mass is 9.92. The molecule has 2 aromatic carbocycles. The molecule has 2 aliphatic heterocycles. The highest BCUT2D eigenvalue weighted by atomic mass is 16.2. The van der Waals surface area contributed by atoms with Gasteiger partial charge in [-0.15, -0.1) is 0 Å². The number of carbonyl (C=O) groups excluding carboxylic acids is 4. The number of aromatic amines is 2. The summed E-state index contributed by atoms with van der Waals surface area (Å²) in [6, 6.07) is 12.6. The van der Waals surface area contributed by atoms with Gasteiger partial charge in [0.25, 0.3) is 5.91 Å². The van der Waals surface area contributed by atoms with Gasteiger partial charge in [0.15, 0.2) is 5.82 Å². The first-order valence-corrected chi connectivity index (χ1v) is 16.4. The Morgan fingerprint density at radius 1 is 1.04 bits per heavy atom. The zero-order valence-electron chi connectivity index (χ0n) is 27.0. The van der Waals surface area contributed by atoms with Crippen molar-refractivity contribution in [2.45, 2.75) is 77.0 Å². The summed E-state index contributed by atoms with van der Waals surface area (Å²) in [6.07, 6.45) is 5.49. The minimum atomic E-state index is -0.896. The van der Waals surface area contributed by atoms with E-state index in [1.54, 1.807) is 23.1 Å². The van der Waals surface area contributed by atoms with Gasteiger partial charge in [-0.1, -0.05) is 57.2 Å². The Hall–Kier alpha value is -5.00. The maximum Gasteiger partial charge on any atom is 0.252 e. The number of nitrogens with zero attached hydrogens (tertiary/aromatic N) is 3. The number of hydrogen-bond donors (Lipinski definition) is 5. The summed E-state index contributed by atoms with van der Waals surface area (Å²) in [5.41, 5.74) is 2.82. The topological polar surface area (TPSA) is 165 Å². The molecular formula is C35H42N8O4. The van der Waals surface area contributed by atoms with Crippen molar-refractivity contribution in [2.24, 2.45) is 11.8 Å². The number of aromatic nitrogens is 4. The summed E-state index contributed by atoms with van der Waals surface area (Å²) < 4.78 is 0. The lowest BCUT2D eigenvalue weighted by molar-refractivity contribution is -0.141. The first-order valence-electron chi connectivity index (χ1n) is 16.4. The monoisotopic (exact) mass is 638 g/mol. The van der Waals surface area contributed by atoms with Crippen LogP contribution in [0.1, 0.15) is 62.4 Å². The van der Waals surface area contributed by atoms with Gasteiger partial charge in [-0.25, -0.2) is 4.98 Å². The van der Waals surface area contributed by atoms with E-state index in [4.69, 9.17) is 0 Å². The molecule has 0 bridgehead atoms. The molecule has 12 nitrogen and oxygen atoms in total. The van der Waals surface area contributed by atoms with Crippen molar-refractivity contribution in [1.82, 2.24) is 41.0 Å². The van der Waals surface area contributed by atoms with Gasteiger partial charge in [0.05, 0.1) is 5.56 Å². The highest BCUT2D eigenvalue weighted by Gasteiger charge is 2.43. The number of rotatable bonds is 6. The molecule has 2 aliphatic rings. The van der Waals surface area contributed by atoms with Gasteiger partial charge in [0.1, 0.15) is 18.4 Å². The number of benzene rings is 2. The van der Waals surface area contributed by atoms with E-state index in [1.165, 1.54) is 6.33 Å². The molecule has 2 fully saturated rings. The third kappa shape index (κ3) is 7.06. The van der Waals surface area contributed by atoms with E-state index < -0.39 is 18.1 Å². The third-order valence-corrected chi connectivity index (χ3v) is 9.43. The van der Waals surface area contributed by atoms with Gasteiger partial charge in [0.2, 0.25) is 17.7 Å². The van der Waals surface area contributed by atoms with Crippen molar-refractivity contribution in [2.75, 3.05) is 6.54 Å². The Kier molecular flexibility index (Phi) is 9.37. The van der Waals surface area contributed by atoms with Crippen LogP contribution in [0.25, 0.3) is 22.3 Å². The van der Waals surface area contributed by atoms with Crippen LogP contribution >= 0.6 is 0 Å². The minimum Gasteiger partial charge on any atom is -0.361 e. The van der Waals surface area contributed by atoms with Crippen LogP contribution in [0.5, 0.6) is 0 Å². The Balaban J connectivity index is 1.30. The second-order valence-corrected chi connectivity index (χ2v) is 13.2. The first-order chi connectivity index (χ1) is 22.7. The number of fused-ring (bicyclic) bond motifs is 2. The highest BCUT2D eigenvalue weighted by Crippen LogP contribution is 2.26. The van der Waals surface area contributed by atoms with Crippen LogP contribution in [-0.4, -0.2) is 79.4 Å². The van der Waals surface area contributed by atoms with E-state index >= 15 is 0 Å². The van der Waals surface area contributed by atoms with Crippen LogP contribution in [0.2, 0.25) is 0 Å². The summed E-state index contributed by atoms with van der Waals surface area (Å²) in [5.74, 6) is -0.439. The number of amides is 4. The van der Waals surface area contributed by atoms with E-state index in [9.17, 15) is 19.2 Å². The van der Waals surface area contributed by atoms with Crippen molar-refractivity contribution < 1.29 is 19.2 Å². The van der Waals surface area contributed by atoms with Gasteiger partial charge >= 0.3 is 0 Å². The number of hydrogen-bond acceptors (Lipinski definition) is 6. The van der Waals surface area contributed by atoms with Crippen LogP contribution in [0.4, 0.5) is 0 Å². The molecule has 4 heterocycles. The van der Waals surface area contributed by atoms with E-state index in [0.717, 1.165) is 29.3 Å². The predicted octanol–water partition coefficient (Wildman–Crippen LogP) is 3.34. The van der Waals surface area contributed by atoms with Gasteiger partial charge in [-0.2, -0.15) is 5.10 Å². The fourth-order valence-corrected chi connectivity index (χ4v) is 6.83. The molecule has 5 N–H and O–H groups in total. The van der Waals surface area contributed by atoms with E-state index in [-0.39, 0.29) is 67.3 Å². The second-order valence-electron chi connectivity index (χ2n) is 13.2. The molecule has 0 radical (unpaired) electrons. The average molecular weight is 639 g/mol. The Bertz CT molecular complexity index is 1750. The van der Waals surface area contributed by atoms with Crippen molar-refractivity contribution in [3.05, 3.63) is 72.2 Å². The summed E-state index contributed by atoms with van der Waals surface area (Å²) in [5, 5.41) is 17.0. The molecular weight excluding hydrogens is 596 g/mol. The summed E-state index contributed by atoms with van der Waals surface area (Å²) in [4.78, 5) is 64.5. The molecule has 47 heavy (non-hydrogen) atoms. The normalized spacial score (nSPS) is 24.2. The average Bonchev–Trinajstić information content (AvgIpc) is 3.83. The van der Waals surface area contributed by atoms with Crippen LogP contribution in [0, 0.1) is 11.8 Å². The predicted molar refractivity (Wildman–Crippen MR) is 177 cm³/mol. The lowest BCUT2D eigenvalue weighted by Gasteiger charge is -2.30. The fourth-order valence-electron chi connectivity index (χ4n) is 6.83. The number of H-pyrrole nitrogens is 2. The van der Waals surface area contributed by atoms with Crippen molar-refractivity contribution in [3.63, 3.8) is 0 Å². The highest BCUT2D eigenvalue weighted by molar-refractivity contribution is 6.00. The van der Waals surface area contributed by atoms with Crippen LogP contribution < -0.4 is 16.0 Å². The van der Waals surface area contributed by atoms with Crippen molar-refractivity contribution in [1.29, 1.82) is 0 Å². The second kappa shape index (κ2) is 13.8. The molecule has 0 unspecified atom stereocenters. The lowest BCUT2D eigenvalue weighted by Crippen LogP contribution is -2.55. The van der Waals surface area contributed by atoms with E-state index in [0.29, 0.717) is 17.0 Å². The molecule has 0 saturated carbocycles. The van der Waals surface area contributed by atoms with Gasteiger partial charge < -0.3 is 25.8 Å². The molecule has 4 amide bonds.